The van der Waals surface area contributed by atoms with Gasteiger partial charge >= 0.3 is 0 Å². The number of hydrogen-bond acceptors (Lipinski definition) is 4. The van der Waals surface area contributed by atoms with E-state index in [4.69, 9.17) is 0 Å². The first-order chi connectivity index (χ1) is 8.22. The normalized spacial score (nSPS) is 29.1. The first kappa shape index (κ1) is 12.7. The molecule has 2 rings (SSSR count). The quantitative estimate of drug-likeness (QED) is 0.709. The molecule has 2 fully saturated rings. The lowest BCUT2D eigenvalue weighted by Crippen LogP contribution is -2.50. The van der Waals surface area contributed by atoms with Gasteiger partial charge in [-0.15, -0.1) is 11.8 Å². The second-order valence-corrected chi connectivity index (χ2v) is 5.54. The van der Waals surface area contributed by atoms with Crippen LogP contribution in [0.15, 0.2) is 0 Å². The van der Waals surface area contributed by atoms with Gasteiger partial charge in [0.1, 0.15) is 0 Å². The molecule has 6 heteroatoms. The standard InChI is InChI=1S/C11H19N3O2S/c1-12-10(15)8-3-2-4-14(5-8)11(16)9-6-17-7-13-9/h8-9,13H,2-7H2,1H3,(H,12,15)/t8-,9+/m1/s1. The van der Waals surface area contributed by atoms with Crippen molar-refractivity contribution in [2.24, 2.45) is 5.92 Å². The maximum Gasteiger partial charge on any atom is 0.240 e. The Hall–Kier alpha value is -0.750. The topological polar surface area (TPSA) is 61.4 Å². The number of carbonyl (C=O) groups is 2. The van der Waals surface area contributed by atoms with Crippen molar-refractivity contribution in [3.63, 3.8) is 0 Å². The lowest BCUT2D eigenvalue weighted by Gasteiger charge is -2.33. The molecule has 0 aromatic rings. The Bertz CT molecular complexity index is 305. The lowest BCUT2D eigenvalue weighted by molar-refractivity contribution is -0.136. The average molecular weight is 257 g/mol. The molecule has 0 aromatic carbocycles. The van der Waals surface area contributed by atoms with E-state index in [-0.39, 0.29) is 23.8 Å². The van der Waals surface area contributed by atoms with Gasteiger partial charge in [0.2, 0.25) is 11.8 Å². The van der Waals surface area contributed by atoms with E-state index >= 15 is 0 Å². The second kappa shape index (κ2) is 5.73. The molecular weight excluding hydrogens is 238 g/mol. The fourth-order valence-corrected chi connectivity index (χ4v) is 3.30. The van der Waals surface area contributed by atoms with Crippen LogP contribution in [0.1, 0.15) is 12.8 Å². The molecule has 2 aliphatic rings. The van der Waals surface area contributed by atoms with Crippen molar-refractivity contribution in [3.05, 3.63) is 0 Å². The number of nitrogens with zero attached hydrogens (tertiary/aromatic N) is 1. The highest BCUT2D eigenvalue weighted by Gasteiger charge is 2.32. The van der Waals surface area contributed by atoms with Gasteiger partial charge in [0.25, 0.3) is 0 Å². The summed E-state index contributed by atoms with van der Waals surface area (Å²) in [6.07, 6.45) is 1.81. The van der Waals surface area contributed by atoms with Gasteiger partial charge in [0, 0.05) is 31.8 Å². The molecule has 0 aliphatic carbocycles. The summed E-state index contributed by atoms with van der Waals surface area (Å²) in [5.74, 6) is 1.87. The van der Waals surface area contributed by atoms with Crippen LogP contribution in [0.5, 0.6) is 0 Å². The molecule has 2 saturated heterocycles. The molecule has 2 N–H and O–H groups in total. The van der Waals surface area contributed by atoms with Gasteiger partial charge in [-0.1, -0.05) is 0 Å². The smallest absolute Gasteiger partial charge is 0.240 e. The molecule has 0 spiro atoms. The van der Waals surface area contributed by atoms with Crippen molar-refractivity contribution >= 4 is 23.6 Å². The molecule has 2 atom stereocenters. The summed E-state index contributed by atoms with van der Waals surface area (Å²) in [6, 6.07) is -0.0524. The number of piperidine rings is 1. The van der Waals surface area contributed by atoms with Gasteiger partial charge < -0.3 is 10.2 Å². The van der Waals surface area contributed by atoms with E-state index in [0.717, 1.165) is 31.0 Å². The van der Waals surface area contributed by atoms with E-state index in [9.17, 15) is 9.59 Å². The van der Waals surface area contributed by atoms with Crippen LogP contribution in [0.2, 0.25) is 0 Å². The number of nitrogens with one attached hydrogen (secondary N) is 2. The molecule has 0 aromatic heterocycles. The van der Waals surface area contributed by atoms with Crippen LogP contribution in [0, 0.1) is 5.92 Å². The third-order valence-electron chi connectivity index (χ3n) is 3.36. The van der Waals surface area contributed by atoms with Gasteiger partial charge in [-0.25, -0.2) is 0 Å². The molecule has 2 heterocycles. The van der Waals surface area contributed by atoms with Crippen LogP contribution in [0.4, 0.5) is 0 Å². The number of amides is 2. The Morgan fingerprint density at radius 3 is 2.94 bits per heavy atom. The molecule has 0 bridgehead atoms. The summed E-state index contributed by atoms with van der Waals surface area (Å²) < 4.78 is 0. The van der Waals surface area contributed by atoms with Crippen molar-refractivity contribution in [3.8, 4) is 0 Å². The van der Waals surface area contributed by atoms with E-state index in [2.05, 4.69) is 10.6 Å². The molecule has 17 heavy (non-hydrogen) atoms. The third-order valence-corrected chi connectivity index (χ3v) is 4.30. The molecule has 2 aliphatic heterocycles. The van der Waals surface area contributed by atoms with Crippen LogP contribution < -0.4 is 10.6 Å². The number of hydrogen-bond donors (Lipinski definition) is 2. The number of thioether (sulfide) groups is 1. The van der Waals surface area contributed by atoms with E-state index in [1.807, 2.05) is 4.90 Å². The molecule has 5 nitrogen and oxygen atoms in total. The average Bonchev–Trinajstić information content (AvgIpc) is 2.91. The SMILES string of the molecule is CNC(=O)[C@@H]1CCCN(C(=O)[C@@H]2CSCN2)C1. The number of carbonyl (C=O) groups excluding carboxylic acids is 2. The first-order valence-corrected chi connectivity index (χ1v) is 7.19. The van der Waals surface area contributed by atoms with Crippen molar-refractivity contribution in [2.75, 3.05) is 31.8 Å². The van der Waals surface area contributed by atoms with Crippen LogP contribution >= 0.6 is 11.8 Å². The predicted octanol–water partition coefficient (Wildman–Crippen LogP) is -0.366. The van der Waals surface area contributed by atoms with Gasteiger partial charge in [0.05, 0.1) is 12.0 Å². The largest absolute Gasteiger partial charge is 0.359 e. The lowest BCUT2D eigenvalue weighted by atomic mass is 9.96. The van der Waals surface area contributed by atoms with E-state index in [1.165, 1.54) is 0 Å². The van der Waals surface area contributed by atoms with E-state index in [1.54, 1.807) is 18.8 Å². The Kier molecular flexibility index (Phi) is 4.28. The zero-order valence-electron chi connectivity index (χ0n) is 10.1. The van der Waals surface area contributed by atoms with Crippen molar-refractivity contribution in [1.29, 1.82) is 0 Å². The third kappa shape index (κ3) is 2.93. The fraction of sp³-hybridized carbons (Fsp3) is 0.818. The predicted molar refractivity (Wildman–Crippen MR) is 67.6 cm³/mol. The van der Waals surface area contributed by atoms with Crippen LogP contribution in [-0.4, -0.2) is 54.5 Å². The van der Waals surface area contributed by atoms with Gasteiger partial charge in [-0.3, -0.25) is 14.9 Å². The second-order valence-electron chi connectivity index (χ2n) is 4.51. The number of rotatable bonds is 2. The summed E-state index contributed by atoms with van der Waals surface area (Å²) in [4.78, 5) is 25.6. The van der Waals surface area contributed by atoms with Crippen LogP contribution in [0.25, 0.3) is 0 Å². The van der Waals surface area contributed by atoms with E-state index in [0.29, 0.717) is 6.54 Å². The zero-order valence-corrected chi connectivity index (χ0v) is 10.9. The fourth-order valence-electron chi connectivity index (χ4n) is 2.37. The van der Waals surface area contributed by atoms with E-state index < -0.39 is 0 Å². The van der Waals surface area contributed by atoms with Crippen molar-refractivity contribution in [1.82, 2.24) is 15.5 Å². The van der Waals surface area contributed by atoms with Crippen molar-refractivity contribution in [2.45, 2.75) is 18.9 Å². The summed E-state index contributed by atoms with van der Waals surface area (Å²) in [6.45, 7) is 1.36. The maximum absolute atomic E-state index is 12.2. The summed E-state index contributed by atoms with van der Waals surface area (Å²) >= 11 is 1.75. The minimum absolute atomic E-state index is 0.0354. The van der Waals surface area contributed by atoms with Crippen molar-refractivity contribution < 1.29 is 9.59 Å². The summed E-state index contributed by atoms with van der Waals surface area (Å²) in [7, 11) is 1.65. The molecule has 96 valence electrons. The molecule has 0 saturated carbocycles. The minimum Gasteiger partial charge on any atom is -0.359 e. The van der Waals surface area contributed by atoms with Gasteiger partial charge in [-0.05, 0) is 12.8 Å². The van der Waals surface area contributed by atoms with Gasteiger partial charge in [0.15, 0.2) is 0 Å². The monoisotopic (exact) mass is 257 g/mol. The summed E-state index contributed by atoms with van der Waals surface area (Å²) in [5.41, 5.74) is 0. The Morgan fingerprint density at radius 2 is 2.29 bits per heavy atom. The Morgan fingerprint density at radius 1 is 1.47 bits per heavy atom. The first-order valence-electron chi connectivity index (χ1n) is 6.04. The van der Waals surface area contributed by atoms with Crippen LogP contribution in [-0.2, 0) is 9.59 Å². The highest BCUT2D eigenvalue weighted by Crippen LogP contribution is 2.19. The maximum atomic E-state index is 12.2. The highest BCUT2D eigenvalue weighted by atomic mass is 32.2. The minimum atomic E-state index is -0.0524. The molecule has 0 unspecified atom stereocenters. The Balaban J connectivity index is 1.92. The molecular formula is C11H19N3O2S. The molecule has 0 radical (unpaired) electrons. The van der Waals surface area contributed by atoms with Crippen LogP contribution in [0.3, 0.4) is 0 Å². The summed E-state index contributed by atoms with van der Waals surface area (Å²) in [5, 5.41) is 5.85. The zero-order chi connectivity index (χ0) is 12.3. The van der Waals surface area contributed by atoms with Gasteiger partial charge in [-0.2, -0.15) is 0 Å². The Labute approximate surface area is 106 Å². The highest BCUT2D eigenvalue weighted by molar-refractivity contribution is 7.99. The number of likely N-dealkylation sites (tertiary alicyclic amines) is 1. The molecule has 2 amide bonds.